The van der Waals surface area contributed by atoms with E-state index in [0.29, 0.717) is 12.8 Å². The predicted molar refractivity (Wildman–Crippen MR) is 215 cm³/mol. The number of ether oxygens (including phenoxy) is 4. The van der Waals surface area contributed by atoms with Gasteiger partial charge in [-0.15, -0.1) is 0 Å². The summed E-state index contributed by atoms with van der Waals surface area (Å²) in [5.74, 6) is -2.47. The summed E-state index contributed by atoms with van der Waals surface area (Å²) in [5, 5.41) is 39.7. The van der Waals surface area contributed by atoms with E-state index in [2.05, 4.69) is 62.5 Å². The molecule has 0 aromatic heterocycles. The van der Waals surface area contributed by atoms with Gasteiger partial charge in [0.05, 0.1) is 6.61 Å². The summed E-state index contributed by atoms with van der Waals surface area (Å²) in [4.78, 5) is 36.7. The molecule has 6 unspecified atom stereocenters. The Hall–Kier alpha value is -2.83. The summed E-state index contributed by atoms with van der Waals surface area (Å²) in [7, 11) is 0. The second-order valence-electron chi connectivity index (χ2n) is 14.5. The van der Waals surface area contributed by atoms with Gasteiger partial charge in [0.2, 0.25) is 0 Å². The monoisotopic (exact) mass is 779 g/mol. The lowest BCUT2D eigenvalue weighted by atomic mass is 9.99. The highest BCUT2D eigenvalue weighted by Gasteiger charge is 2.47. The van der Waals surface area contributed by atoms with Gasteiger partial charge in [0.25, 0.3) is 0 Å². The van der Waals surface area contributed by atoms with Crippen LogP contribution in [-0.4, -0.2) is 88.4 Å². The molecule has 1 aliphatic rings. The molecular weight excluding hydrogens is 704 g/mol. The van der Waals surface area contributed by atoms with Crippen molar-refractivity contribution in [3.63, 3.8) is 0 Å². The number of aliphatic hydroxyl groups is 3. The molecule has 1 aliphatic heterocycles. The van der Waals surface area contributed by atoms with Gasteiger partial charge in [-0.05, 0) is 51.4 Å². The van der Waals surface area contributed by atoms with Crippen molar-refractivity contribution in [1.29, 1.82) is 0 Å². The number of carbonyl (C=O) groups excluding carboxylic acids is 2. The summed E-state index contributed by atoms with van der Waals surface area (Å²) in [6.45, 7) is 3.65. The second-order valence-corrected chi connectivity index (χ2v) is 14.5. The number of hydrogen-bond acceptors (Lipinski definition) is 10. The van der Waals surface area contributed by atoms with Crippen LogP contribution >= 0.6 is 0 Å². The molecule has 1 rings (SSSR count). The molecule has 0 bridgehead atoms. The van der Waals surface area contributed by atoms with Crippen LogP contribution in [0.15, 0.2) is 48.6 Å². The lowest BCUT2D eigenvalue weighted by Gasteiger charge is -2.38. The van der Waals surface area contributed by atoms with E-state index in [4.69, 9.17) is 18.9 Å². The van der Waals surface area contributed by atoms with Crippen molar-refractivity contribution < 1.29 is 53.8 Å². The second kappa shape index (κ2) is 34.4. The van der Waals surface area contributed by atoms with Crippen molar-refractivity contribution in [2.75, 3.05) is 13.2 Å². The van der Waals surface area contributed by atoms with E-state index in [-0.39, 0.29) is 19.4 Å². The molecule has 1 heterocycles. The highest BCUT2D eigenvalue weighted by Crippen LogP contribution is 2.23. The van der Waals surface area contributed by atoms with E-state index in [0.717, 1.165) is 83.5 Å². The van der Waals surface area contributed by atoms with Crippen LogP contribution in [0.3, 0.4) is 0 Å². The maximum absolute atomic E-state index is 12.7. The minimum Gasteiger partial charge on any atom is -0.479 e. The van der Waals surface area contributed by atoms with E-state index in [1.165, 1.54) is 38.5 Å². The third-order valence-electron chi connectivity index (χ3n) is 9.44. The molecule has 4 N–H and O–H groups in total. The standard InChI is InChI=1S/C44H74O11/c1-3-5-7-9-11-13-15-16-17-18-19-20-21-22-23-25-26-28-30-32-37(45)52-34-36(35-53-44-41(49)39(47)40(48)42(55-44)43(50)51)54-38(46)33-31-29-27-24-14-12-10-8-6-4-2/h5,7,11,13,16-17,19-20,36,39-42,44,47-49H,3-4,6,8-10,12,14-15,18,21-35H2,1-2H3,(H,50,51)/b7-5-,13-11-,17-16-,20-19-. The smallest absolute Gasteiger partial charge is 0.335 e. The number of allylic oxidation sites excluding steroid dienone is 8. The molecule has 0 aliphatic carbocycles. The number of hydrogen-bond donors (Lipinski definition) is 4. The van der Waals surface area contributed by atoms with Crippen molar-refractivity contribution in [2.24, 2.45) is 0 Å². The molecule has 0 aromatic carbocycles. The Balaban J connectivity index is 2.37. The average molecular weight is 779 g/mol. The number of carboxylic acid groups (broad SMARTS) is 1. The van der Waals surface area contributed by atoms with E-state index >= 15 is 0 Å². The Bertz CT molecular complexity index is 1100. The van der Waals surface area contributed by atoms with Crippen molar-refractivity contribution in [1.82, 2.24) is 0 Å². The van der Waals surface area contributed by atoms with Crippen LogP contribution in [0, 0.1) is 0 Å². The maximum Gasteiger partial charge on any atom is 0.335 e. The van der Waals surface area contributed by atoms with Gasteiger partial charge in [-0.25, -0.2) is 4.79 Å². The maximum atomic E-state index is 12.7. The molecule has 0 amide bonds. The number of esters is 2. The zero-order valence-corrected chi connectivity index (χ0v) is 33.9. The summed E-state index contributed by atoms with van der Waals surface area (Å²) in [5.41, 5.74) is 0. The van der Waals surface area contributed by atoms with Gasteiger partial charge in [0, 0.05) is 12.8 Å². The fraction of sp³-hybridized carbons (Fsp3) is 0.750. The third-order valence-corrected chi connectivity index (χ3v) is 9.44. The van der Waals surface area contributed by atoms with E-state index in [1.54, 1.807) is 0 Å². The normalized spacial score (nSPS) is 20.9. The summed E-state index contributed by atoms with van der Waals surface area (Å²) < 4.78 is 21.7. The number of carboxylic acids is 1. The molecule has 0 aromatic rings. The zero-order valence-electron chi connectivity index (χ0n) is 33.9. The number of aliphatic hydroxyl groups excluding tert-OH is 3. The Kier molecular flexibility index (Phi) is 31.4. The first-order valence-electron chi connectivity index (χ1n) is 21.2. The summed E-state index contributed by atoms with van der Waals surface area (Å²) >= 11 is 0. The van der Waals surface area contributed by atoms with Crippen molar-refractivity contribution in [2.45, 2.75) is 198 Å². The molecule has 0 spiro atoms. The van der Waals surface area contributed by atoms with Crippen molar-refractivity contribution in [3.8, 4) is 0 Å². The highest BCUT2D eigenvalue weighted by molar-refractivity contribution is 5.73. The fourth-order valence-corrected chi connectivity index (χ4v) is 6.10. The number of unbranched alkanes of at least 4 members (excludes halogenated alkanes) is 15. The minimum atomic E-state index is -1.86. The van der Waals surface area contributed by atoms with E-state index in [9.17, 15) is 34.8 Å². The van der Waals surface area contributed by atoms with Crippen LogP contribution < -0.4 is 0 Å². The Labute approximate surface area is 331 Å². The summed E-state index contributed by atoms with van der Waals surface area (Å²) in [6.07, 6.45) is 30.3. The van der Waals surface area contributed by atoms with Crippen LogP contribution in [0.4, 0.5) is 0 Å². The van der Waals surface area contributed by atoms with Gasteiger partial charge in [0.15, 0.2) is 18.5 Å². The molecule has 1 saturated heterocycles. The fourth-order valence-electron chi connectivity index (χ4n) is 6.10. The lowest BCUT2D eigenvalue weighted by Crippen LogP contribution is -2.60. The largest absolute Gasteiger partial charge is 0.479 e. The van der Waals surface area contributed by atoms with Crippen LogP contribution in [-0.2, 0) is 33.3 Å². The van der Waals surface area contributed by atoms with Crippen LogP contribution in [0.1, 0.15) is 162 Å². The first-order chi connectivity index (χ1) is 26.7. The molecule has 316 valence electrons. The number of aliphatic carboxylic acids is 1. The molecule has 6 atom stereocenters. The Morgan fingerprint density at radius 2 is 1.07 bits per heavy atom. The van der Waals surface area contributed by atoms with Crippen LogP contribution in [0.2, 0.25) is 0 Å². The number of carbonyl (C=O) groups is 3. The third kappa shape index (κ3) is 26.6. The van der Waals surface area contributed by atoms with Crippen LogP contribution in [0.25, 0.3) is 0 Å². The highest BCUT2D eigenvalue weighted by atomic mass is 16.7. The predicted octanol–water partition coefficient (Wildman–Crippen LogP) is 8.59. The molecule has 1 fully saturated rings. The van der Waals surface area contributed by atoms with Crippen molar-refractivity contribution in [3.05, 3.63) is 48.6 Å². The Morgan fingerprint density at radius 3 is 1.62 bits per heavy atom. The molecule has 0 saturated carbocycles. The first kappa shape index (κ1) is 50.2. The van der Waals surface area contributed by atoms with Gasteiger partial charge >= 0.3 is 17.9 Å². The first-order valence-corrected chi connectivity index (χ1v) is 21.2. The summed E-state index contributed by atoms with van der Waals surface area (Å²) in [6, 6.07) is 0. The molecule has 11 nitrogen and oxygen atoms in total. The van der Waals surface area contributed by atoms with E-state index < -0.39 is 61.3 Å². The molecule has 0 radical (unpaired) electrons. The van der Waals surface area contributed by atoms with Gasteiger partial charge in [-0.1, -0.05) is 146 Å². The zero-order chi connectivity index (χ0) is 40.4. The molecule has 11 heteroatoms. The van der Waals surface area contributed by atoms with Gasteiger partial charge in [-0.2, -0.15) is 0 Å². The van der Waals surface area contributed by atoms with Crippen molar-refractivity contribution >= 4 is 17.9 Å². The van der Waals surface area contributed by atoms with E-state index in [1.807, 2.05) is 0 Å². The SMILES string of the molecule is CC/C=C\C/C=C\C/C=C\C/C=C\CCCCCCCCC(=O)OCC(COC1OC(C(=O)O)C(O)C(O)C1O)OC(=O)CCCCCCCCCCCC. The quantitative estimate of drug-likeness (QED) is 0.0280. The van der Waals surface area contributed by atoms with Gasteiger partial charge < -0.3 is 39.4 Å². The number of rotatable bonds is 34. The Morgan fingerprint density at radius 1 is 0.582 bits per heavy atom. The lowest BCUT2D eigenvalue weighted by molar-refractivity contribution is -0.298. The molecular formula is C44H74O11. The topological polar surface area (TPSA) is 169 Å². The van der Waals surface area contributed by atoms with Crippen LogP contribution in [0.5, 0.6) is 0 Å². The van der Waals surface area contributed by atoms with Gasteiger partial charge in [-0.3, -0.25) is 9.59 Å². The molecule has 55 heavy (non-hydrogen) atoms. The minimum absolute atomic E-state index is 0.180. The van der Waals surface area contributed by atoms with Gasteiger partial charge in [0.1, 0.15) is 24.9 Å². The average Bonchev–Trinajstić information content (AvgIpc) is 3.17.